The summed E-state index contributed by atoms with van der Waals surface area (Å²) < 4.78 is 32.8. The highest BCUT2D eigenvalue weighted by molar-refractivity contribution is 5.95. The van der Waals surface area contributed by atoms with Crippen LogP contribution in [0.15, 0.2) is 60.7 Å². The van der Waals surface area contributed by atoms with Crippen LogP contribution < -0.4 is 10.6 Å². The Hall–Kier alpha value is -4.27. The van der Waals surface area contributed by atoms with Gasteiger partial charge in [0.2, 0.25) is 5.91 Å². The molecular weight excluding hydrogens is 434 g/mol. The Kier molecular flexibility index (Phi) is 6.03. The number of carbonyl (C=O) groups excluding carboxylic acids is 2. The fourth-order valence-electron chi connectivity index (χ4n) is 3.86. The van der Waals surface area contributed by atoms with E-state index < -0.39 is 41.7 Å². The molecule has 7 nitrogen and oxygen atoms in total. The number of alkyl carbamates (subject to hydrolysis) is 1. The number of rotatable bonds is 6. The van der Waals surface area contributed by atoms with Crippen molar-refractivity contribution < 1.29 is 33.0 Å². The molecule has 3 aromatic carbocycles. The molecule has 0 spiro atoms. The van der Waals surface area contributed by atoms with Crippen LogP contribution in [0.1, 0.15) is 27.4 Å². The van der Waals surface area contributed by atoms with Gasteiger partial charge in [0, 0.05) is 11.6 Å². The molecule has 1 aliphatic carbocycles. The number of fused-ring (bicyclic) bond motifs is 3. The summed E-state index contributed by atoms with van der Waals surface area (Å²) in [7, 11) is 0. The number of carbonyl (C=O) groups is 3. The Bertz CT molecular complexity index is 1190. The van der Waals surface area contributed by atoms with Gasteiger partial charge in [-0.3, -0.25) is 4.79 Å². The SMILES string of the molecule is O=C(CNC(=O)OCC1c2ccccc2-c2ccccc21)Nc1cc(F)c(C(=O)O)c(F)c1. The van der Waals surface area contributed by atoms with E-state index in [1.807, 2.05) is 48.5 Å². The summed E-state index contributed by atoms with van der Waals surface area (Å²) in [5.41, 5.74) is 2.83. The van der Waals surface area contributed by atoms with Crippen molar-refractivity contribution in [2.75, 3.05) is 18.5 Å². The standard InChI is InChI=1S/C24H18F2N2O5/c25-19-9-13(10-20(26)22(19)23(30)31)28-21(29)11-27-24(32)33-12-18-16-7-3-1-5-14(16)15-6-2-4-8-17(15)18/h1-10,18H,11-12H2,(H,27,32)(H,28,29)(H,30,31). The molecule has 4 rings (SSSR count). The zero-order chi connectivity index (χ0) is 23.5. The molecule has 0 saturated heterocycles. The summed E-state index contributed by atoms with van der Waals surface area (Å²) in [4.78, 5) is 34.9. The van der Waals surface area contributed by atoms with Crippen LogP contribution in [-0.2, 0) is 9.53 Å². The van der Waals surface area contributed by atoms with Crippen LogP contribution >= 0.6 is 0 Å². The Morgan fingerprint density at radius 2 is 1.45 bits per heavy atom. The summed E-state index contributed by atoms with van der Waals surface area (Å²) in [6, 6.07) is 17.0. The zero-order valence-corrected chi connectivity index (χ0v) is 17.1. The molecule has 3 aromatic rings. The van der Waals surface area contributed by atoms with Crippen molar-refractivity contribution in [1.82, 2.24) is 5.32 Å². The maximum absolute atomic E-state index is 13.7. The van der Waals surface area contributed by atoms with Crippen LogP contribution in [-0.4, -0.2) is 36.2 Å². The highest BCUT2D eigenvalue weighted by Crippen LogP contribution is 2.44. The molecule has 0 unspecified atom stereocenters. The summed E-state index contributed by atoms with van der Waals surface area (Å²) >= 11 is 0. The molecule has 0 saturated carbocycles. The number of hydrogen-bond donors (Lipinski definition) is 3. The van der Waals surface area contributed by atoms with E-state index in [-0.39, 0.29) is 18.2 Å². The molecular formula is C24H18F2N2O5. The van der Waals surface area contributed by atoms with Gasteiger partial charge in [-0.15, -0.1) is 0 Å². The van der Waals surface area contributed by atoms with Gasteiger partial charge < -0.3 is 20.5 Å². The normalized spacial score (nSPS) is 11.9. The van der Waals surface area contributed by atoms with E-state index in [0.717, 1.165) is 22.3 Å². The number of carboxylic acids is 1. The first-order chi connectivity index (χ1) is 15.8. The molecule has 0 radical (unpaired) electrons. The number of benzene rings is 3. The molecule has 9 heteroatoms. The number of aromatic carboxylic acids is 1. The van der Waals surface area contributed by atoms with Crippen molar-refractivity contribution in [2.24, 2.45) is 0 Å². The molecule has 0 aliphatic heterocycles. The molecule has 3 N–H and O–H groups in total. The van der Waals surface area contributed by atoms with Crippen molar-refractivity contribution in [3.8, 4) is 11.1 Å². The van der Waals surface area contributed by atoms with E-state index in [4.69, 9.17) is 9.84 Å². The first-order valence-electron chi connectivity index (χ1n) is 9.96. The van der Waals surface area contributed by atoms with Gasteiger partial charge >= 0.3 is 12.1 Å². The Morgan fingerprint density at radius 1 is 0.909 bits per heavy atom. The highest BCUT2D eigenvalue weighted by atomic mass is 19.1. The largest absolute Gasteiger partial charge is 0.477 e. The Labute approximate surface area is 187 Å². The molecule has 2 amide bonds. The molecule has 33 heavy (non-hydrogen) atoms. The van der Waals surface area contributed by atoms with E-state index in [2.05, 4.69) is 10.6 Å². The molecule has 1 aliphatic rings. The van der Waals surface area contributed by atoms with E-state index in [0.29, 0.717) is 12.1 Å². The second-order valence-corrected chi connectivity index (χ2v) is 7.35. The number of hydrogen-bond acceptors (Lipinski definition) is 4. The predicted molar refractivity (Wildman–Crippen MR) is 115 cm³/mol. The fourth-order valence-corrected chi connectivity index (χ4v) is 3.86. The summed E-state index contributed by atoms with van der Waals surface area (Å²) in [5.74, 6) is -5.34. The molecule has 0 aromatic heterocycles. The first-order valence-corrected chi connectivity index (χ1v) is 9.96. The predicted octanol–water partition coefficient (Wildman–Crippen LogP) is 4.14. The number of ether oxygens (including phenoxy) is 1. The topological polar surface area (TPSA) is 105 Å². The van der Waals surface area contributed by atoms with Gasteiger partial charge in [-0.2, -0.15) is 0 Å². The lowest BCUT2D eigenvalue weighted by Crippen LogP contribution is -2.34. The van der Waals surface area contributed by atoms with Crippen molar-refractivity contribution in [2.45, 2.75) is 5.92 Å². The fraction of sp³-hybridized carbons (Fsp3) is 0.125. The maximum atomic E-state index is 13.7. The second-order valence-electron chi connectivity index (χ2n) is 7.35. The monoisotopic (exact) mass is 452 g/mol. The van der Waals surface area contributed by atoms with Gasteiger partial charge in [-0.25, -0.2) is 18.4 Å². The Balaban J connectivity index is 1.32. The van der Waals surface area contributed by atoms with Crippen LogP contribution in [0, 0.1) is 11.6 Å². The highest BCUT2D eigenvalue weighted by Gasteiger charge is 2.29. The van der Waals surface area contributed by atoms with Gasteiger partial charge in [0.15, 0.2) is 0 Å². The lowest BCUT2D eigenvalue weighted by atomic mass is 9.98. The van der Waals surface area contributed by atoms with Crippen molar-refractivity contribution in [3.05, 3.63) is 89.0 Å². The minimum atomic E-state index is -1.76. The number of halogens is 2. The minimum Gasteiger partial charge on any atom is -0.477 e. The molecule has 0 atom stereocenters. The quantitative estimate of drug-likeness (QED) is 0.522. The van der Waals surface area contributed by atoms with E-state index >= 15 is 0 Å². The number of anilines is 1. The van der Waals surface area contributed by atoms with Crippen LogP contribution in [0.25, 0.3) is 11.1 Å². The zero-order valence-electron chi connectivity index (χ0n) is 17.1. The van der Waals surface area contributed by atoms with Gasteiger partial charge in [0.25, 0.3) is 0 Å². The molecule has 0 bridgehead atoms. The maximum Gasteiger partial charge on any atom is 0.407 e. The third-order valence-corrected chi connectivity index (χ3v) is 5.28. The minimum absolute atomic E-state index is 0.0640. The van der Waals surface area contributed by atoms with E-state index in [1.54, 1.807) is 0 Å². The lowest BCUT2D eigenvalue weighted by molar-refractivity contribution is -0.115. The average Bonchev–Trinajstić information content (AvgIpc) is 3.09. The summed E-state index contributed by atoms with van der Waals surface area (Å²) in [6.45, 7) is -0.449. The smallest absolute Gasteiger partial charge is 0.407 e. The summed E-state index contributed by atoms with van der Waals surface area (Å²) in [5, 5.41) is 13.2. The van der Waals surface area contributed by atoms with E-state index in [9.17, 15) is 23.2 Å². The van der Waals surface area contributed by atoms with E-state index in [1.165, 1.54) is 0 Å². The van der Waals surface area contributed by atoms with Gasteiger partial charge in [0.05, 0.1) is 0 Å². The Morgan fingerprint density at radius 3 is 2.00 bits per heavy atom. The van der Waals surface area contributed by atoms with Gasteiger partial charge in [-0.1, -0.05) is 48.5 Å². The van der Waals surface area contributed by atoms with Crippen LogP contribution in [0.5, 0.6) is 0 Å². The van der Waals surface area contributed by atoms with Crippen molar-refractivity contribution in [3.63, 3.8) is 0 Å². The lowest BCUT2D eigenvalue weighted by Gasteiger charge is -2.14. The number of nitrogens with one attached hydrogen (secondary N) is 2. The number of carboxylic acid groups (broad SMARTS) is 1. The van der Waals surface area contributed by atoms with Crippen LogP contribution in [0.4, 0.5) is 19.3 Å². The van der Waals surface area contributed by atoms with Gasteiger partial charge in [0.1, 0.15) is 30.3 Å². The van der Waals surface area contributed by atoms with Gasteiger partial charge in [-0.05, 0) is 34.4 Å². The molecule has 0 heterocycles. The van der Waals surface area contributed by atoms with Crippen molar-refractivity contribution >= 4 is 23.7 Å². The summed E-state index contributed by atoms with van der Waals surface area (Å²) in [6.07, 6.45) is -0.828. The van der Waals surface area contributed by atoms with Crippen LogP contribution in [0.3, 0.4) is 0 Å². The average molecular weight is 452 g/mol. The third-order valence-electron chi connectivity index (χ3n) is 5.28. The third kappa shape index (κ3) is 4.52. The first kappa shape index (κ1) is 21.9. The number of amides is 2. The molecule has 168 valence electrons. The van der Waals surface area contributed by atoms with Crippen LogP contribution in [0.2, 0.25) is 0 Å². The molecule has 0 fully saturated rings. The second kappa shape index (κ2) is 9.07. The van der Waals surface area contributed by atoms with Crippen molar-refractivity contribution in [1.29, 1.82) is 0 Å².